The minimum absolute atomic E-state index is 0.104. The standard InChI is InChI=1S/C12H14FN3O2/c1-18-10(17)12-2-3-16(7-8(12)4-12)11-14-5-9(13)6-15-11/h5-6,8H,2-4,7H2,1H3/t8-,12?/m1/s1. The smallest absolute Gasteiger partial charge is 0.312 e. The predicted molar refractivity (Wildman–Crippen MR) is 61.4 cm³/mol. The van der Waals surface area contributed by atoms with E-state index in [0.717, 1.165) is 31.8 Å². The van der Waals surface area contributed by atoms with E-state index in [1.54, 1.807) is 0 Å². The van der Waals surface area contributed by atoms with Crippen LogP contribution in [0.5, 0.6) is 0 Å². The number of nitrogens with zero attached hydrogens (tertiary/aromatic N) is 3. The fourth-order valence-electron chi connectivity index (χ4n) is 2.82. The number of fused-ring (bicyclic) bond motifs is 1. The number of aromatic nitrogens is 2. The van der Waals surface area contributed by atoms with E-state index in [4.69, 9.17) is 4.74 Å². The predicted octanol–water partition coefficient (Wildman–Crippen LogP) is 1.01. The molecule has 0 bridgehead atoms. The van der Waals surface area contributed by atoms with Crippen molar-refractivity contribution in [2.24, 2.45) is 11.3 Å². The second-order valence-electron chi connectivity index (χ2n) is 4.95. The molecule has 18 heavy (non-hydrogen) atoms. The maximum atomic E-state index is 12.7. The molecule has 1 saturated carbocycles. The van der Waals surface area contributed by atoms with Gasteiger partial charge >= 0.3 is 5.97 Å². The zero-order valence-corrected chi connectivity index (χ0v) is 10.1. The van der Waals surface area contributed by atoms with Crippen LogP contribution in [0.4, 0.5) is 10.3 Å². The second-order valence-corrected chi connectivity index (χ2v) is 4.95. The van der Waals surface area contributed by atoms with E-state index >= 15 is 0 Å². The molecule has 1 unspecified atom stereocenters. The number of methoxy groups -OCH3 is 1. The fourth-order valence-corrected chi connectivity index (χ4v) is 2.82. The lowest BCUT2D eigenvalue weighted by Crippen LogP contribution is -2.39. The highest BCUT2D eigenvalue weighted by atomic mass is 19.1. The summed E-state index contributed by atoms with van der Waals surface area (Å²) in [6.07, 6.45) is 3.96. The third-order valence-electron chi connectivity index (χ3n) is 3.98. The Balaban J connectivity index is 1.71. The van der Waals surface area contributed by atoms with Gasteiger partial charge in [-0.25, -0.2) is 14.4 Å². The number of rotatable bonds is 2. The molecule has 2 fully saturated rings. The number of hydrogen-bond donors (Lipinski definition) is 0. The molecule has 5 nitrogen and oxygen atoms in total. The zero-order valence-electron chi connectivity index (χ0n) is 10.1. The van der Waals surface area contributed by atoms with Gasteiger partial charge in [0.05, 0.1) is 24.9 Å². The third-order valence-corrected chi connectivity index (χ3v) is 3.98. The first-order chi connectivity index (χ1) is 8.65. The number of carbonyl (C=O) groups is 1. The van der Waals surface area contributed by atoms with Crippen molar-refractivity contribution in [2.75, 3.05) is 25.1 Å². The number of piperidine rings is 1. The molecular weight excluding hydrogens is 237 g/mol. The van der Waals surface area contributed by atoms with Gasteiger partial charge in [0.15, 0.2) is 5.82 Å². The Morgan fingerprint density at radius 2 is 2.28 bits per heavy atom. The molecule has 0 radical (unpaired) electrons. The normalized spacial score (nSPS) is 29.7. The van der Waals surface area contributed by atoms with Crippen LogP contribution in [0.2, 0.25) is 0 Å². The summed E-state index contributed by atoms with van der Waals surface area (Å²) >= 11 is 0. The summed E-state index contributed by atoms with van der Waals surface area (Å²) < 4.78 is 17.6. The van der Waals surface area contributed by atoms with Crippen LogP contribution in [0.15, 0.2) is 12.4 Å². The van der Waals surface area contributed by atoms with Crippen molar-refractivity contribution >= 4 is 11.9 Å². The summed E-state index contributed by atoms with van der Waals surface area (Å²) in [5.41, 5.74) is -0.273. The van der Waals surface area contributed by atoms with Gasteiger partial charge in [-0.3, -0.25) is 4.79 Å². The number of ether oxygens (including phenoxy) is 1. The molecule has 0 N–H and O–H groups in total. The molecule has 2 aliphatic rings. The molecule has 1 aliphatic carbocycles. The van der Waals surface area contributed by atoms with Crippen LogP contribution in [0, 0.1) is 17.2 Å². The molecule has 0 amide bonds. The summed E-state index contributed by atoms with van der Waals surface area (Å²) in [4.78, 5) is 21.6. The molecule has 0 spiro atoms. The van der Waals surface area contributed by atoms with Crippen LogP contribution in [0.1, 0.15) is 12.8 Å². The minimum atomic E-state index is -0.439. The maximum absolute atomic E-state index is 12.7. The fraction of sp³-hybridized carbons (Fsp3) is 0.583. The minimum Gasteiger partial charge on any atom is -0.469 e. The molecular formula is C12H14FN3O2. The van der Waals surface area contributed by atoms with Gasteiger partial charge in [-0.05, 0) is 18.8 Å². The molecule has 2 heterocycles. The molecule has 1 aromatic heterocycles. The van der Waals surface area contributed by atoms with E-state index in [1.807, 2.05) is 4.90 Å². The van der Waals surface area contributed by atoms with Gasteiger partial charge in [0.1, 0.15) is 0 Å². The molecule has 1 saturated heterocycles. The van der Waals surface area contributed by atoms with Crippen molar-refractivity contribution in [3.63, 3.8) is 0 Å². The maximum Gasteiger partial charge on any atom is 0.312 e. The summed E-state index contributed by atoms with van der Waals surface area (Å²) in [5.74, 6) is 0.299. The van der Waals surface area contributed by atoms with Crippen molar-refractivity contribution in [1.82, 2.24) is 9.97 Å². The van der Waals surface area contributed by atoms with Crippen LogP contribution < -0.4 is 4.90 Å². The van der Waals surface area contributed by atoms with Gasteiger partial charge in [0.25, 0.3) is 0 Å². The average Bonchev–Trinajstić information content (AvgIpc) is 3.13. The number of esters is 1. The van der Waals surface area contributed by atoms with Crippen molar-refractivity contribution in [3.05, 3.63) is 18.2 Å². The van der Waals surface area contributed by atoms with Crippen molar-refractivity contribution < 1.29 is 13.9 Å². The van der Waals surface area contributed by atoms with Gasteiger partial charge in [0.2, 0.25) is 5.95 Å². The number of carbonyl (C=O) groups excluding carboxylic acids is 1. The highest BCUT2D eigenvalue weighted by Gasteiger charge is 2.62. The van der Waals surface area contributed by atoms with Crippen LogP contribution >= 0.6 is 0 Å². The van der Waals surface area contributed by atoms with Crippen molar-refractivity contribution in [2.45, 2.75) is 12.8 Å². The Morgan fingerprint density at radius 3 is 2.89 bits per heavy atom. The molecule has 0 aromatic carbocycles. The lowest BCUT2D eigenvalue weighted by atomic mass is 9.95. The van der Waals surface area contributed by atoms with Gasteiger partial charge in [-0.15, -0.1) is 0 Å². The first-order valence-electron chi connectivity index (χ1n) is 5.96. The first kappa shape index (κ1) is 11.4. The summed E-state index contributed by atoms with van der Waals surface area (Å²) in [5, 5.41) is 0. The van der Waals surface area contributed by atoms with Crippen LogP contribution in [-0.2, 0) is 9.53 Å². The lowest BCUT2D eigenvalue weighted by molar-refractivity contribution is -0.148. The highest BCUT2D eigenvalue weighted by molar-refractivity contribution is 5.81. The Kier molecular flexibility index (Phi) is 2.46. The average molecular weight is 251 g/mol. The van der Waals surface area contributed by atoms with Gasteiger partial charge < -0.3 is 9.64 Å². The highest BCUT2D eigenvalue weighted by Crippen LogP contribution is 2.58. The molecule has 1 aromatic rings. The van der Waals surface area contributed by atoms with Crippen LogP contribution in [0.25, 0.3) is 0 Å². The molecule has 6 heteroatoms. The van der Waals surface area contributed by atoms with Gasteiger partial charge in [0, 0.05) is 13.1 Å². The molecule has 1 aliphatic heterocycles. The van der Waals surface area contributed by atoms with Gasteiger partial charge in [-0.2, -0.15) is 0 Å². The second kappa shape index (κ2) is 3.90. The number of hydrogen-bond acceptors (Lipinski definition) is 5. The van der Waals surface area contributed by atoms with Crippen LogP contribution in [0.3, 0.4) is 0 Å². The summed E-state index contributed by atoms with van der Waals surface area (Å²) in [6.45, 7) is 1.44. The Bertz CT molecular complexity index is 479. The summed E-state index contributed by atoms with van der Waals surface area (Å²) in [6, 6.07) is 0. The Morgan fingerprint density at radius 1 is 1.56 bits per heavy atom. The summed E-state index contributed by atoms with van der Waals surface area (Å²) in [7, 11) is 1.43. The van der Waals surface area contributed by atoms with Gasteiger partial charge in [-0.1, -0.05) is 0 Å². The Labute approximate surface area is 104 Å². The monoisotopic (exact) mass is 251 g/mol. The quantitative estimate of drug-likeness (QED) is 0.734. The largest absolute Gasteiger partial charge is 0.469 e. The third kappa shape index (κ3) is 1.63. The van der Waals surface area contributed by atoms with Crippen molar-refractivity contribution in [3.8, 4) is 0 Å². The lowest BCUT2D eigenvalue weighted by Gasteiger charge is -2.30. The van der Waals surface area contributed by atoms with Crippen LogP contribution in [-0.4, -0.2) is 36.1 Å². The van der Waals surface area contributed by atoms with E-state index in [9.17, 15) is 9.18 Å². The Hall–Kier alpha value is -1.72. The topological polar surface area (TPSA) is 55.3 Å². The van der Waals surface area contributed by atoms with E-state index in [2.05, 4.69) is 9.97 Å². The SMILES string of the molecule is COC(=O)C12CCN(c3ncc(F)cn3)C[C@H]1C2. The van der Waals surface area contributed by atoms with E-state index in [-0.39, 0.29) is 11.4 Å². The molecule has 2 atom stereocenters. The zero-order chi connectivity index (χ0) is 12.8. The van der Waals surface area contributed by atoms with E-state index in [0.29, 0.717) is 18.4 Å². The molecule has 96 valence electrons. The number of halogens is 1. The van der Waals surface area contributed by atoms with Crippen molar-refractivity contribution in [1.29, 1.82) is 0 Å². The van der Waals surface area contributed by atoms with E-state index < -0.39 is 5.82 Å². The number of anilines is 1. The first-order valence-corrected chi connectivity index (χ1v) is 5.96. The van der Waals surface area contributed by atoms with E-state index in [1.165, 1.54) is 7.11 Å². The molecule has 3 rings (SSSR count).